The van der Waals surface area contributed by atoms with E-state index >= 15 is 0 Å². The number of nitrogens with one attached hydrogen (secondary N) is 1. The van der Waals surface area contributed by atoms with Crippen molar-refractivity contribution in [1.82, 2.24) is 9.97 Å². The van der Waals surface area contributed by atoms with Crippen LogP contribution in [0.25, 0.3) is 33.1 Å². The summed E-state index contributed by atoms with van der Waals surface area (Å²) in [5, 5.41) is 3.27. The van der Waals surface area contributed by atoms with Crippen LogP contribution < -0.4 is 10.5 Å². The first-order chi connectivity index (χ1) is 13.6. The van der Waals surface area contributed by atoms with E-state index in [1.165, 1.54) is 0 Å². The molecule has 6 heteroatoms. The van der Waals surface area contributed by atoms with Crippen molar-refractivity contribution in [2.45, 2.75) is 19.3 Å². The molecule has 4 rings (SSSR count). The van der Waals surface area contributed by atoms with Gasteiger partial charge in [-0.15, -0.1) is 0 Å². The lowest BCUT2D eigenvalue weighted by Crippen LogP contribution is -2.00. The normalized spacial score (nSPS) is 11.4. The number of aromatic nitrogens is 2. The number of unbranched alkanes of at least 4 members (excludes halogenated alkanes) is 1. The lowest BCUT2D eigenvalue weighted by molar-refractivity contribution is 0.417. The Kier molecular flexibility index (Phi) is 5.44. The van der Waals surface area contributed by atoms with E-state index in [1.807, 2.05) is 24.3 Å². The molecule has 0 aliphatic heterocycles. The second-order valence-corrected chi connectivity index (χ2v) is 7.59. The number of H-pyrrole nitrogens is 1. The Bertz CT molecular complexity index is 1150. The maximum atomic E-state index is 6.60. The number of fused-ring (bicyclic) bond motifs is 2. The molecule has 0 radical (unpaired) electrons. The van der Waals surface area contributed by atoms with Gasteiger partial charge >= 0.3 is 0 Å². The molecule has 4 nitrogen and oxygen atoms in total. The number of rotatable bonds is 6. The lowest BCUT2D eigenvalue weighted by Gasteiger charge is -2.13. The minimum absolute atomic E-state index is 0.602. The summed E-state index contributed by atoms with van der Waals surface area (Å²) in [5.74, 6) is 0.786. The van der Waals surface area contributed by atoms with Crippen molar-refractivity contribution in [3.63, 3.8) is 0 Å². The molecule has 144 valence electrons. The van der Waals surface area contributed by atoms with E-state index in [0.29, 0.717) is 16.6 Å². The summed E-state index contributed by atoms with van der Waals surface area (Å²) in [6.07, 6.45) is 4.57. The Morgan fingerprint density at radius 2 is 2.00 bits per heavy atom. The van der Waals surface area contributed by atoms with Crippen molar-refractivity contribution < 1.29 is 4.74 Å². The van der Waals surface area contributed by atoms with Crippen molar-refractivity contribution in [3.8, 4) is 17.0 Å². The van der Waals surface area contributed by atoms with Crippen molar-refractivity contribution in [3.05, 3.63) is 58.2 Å². The minimum atomic E-state index is 0.602. The fourth-order valence-corrected chi connectivity index (χ4v) is 4.39. The second kappa shape index (κ2) is 8.00. The zero-order valence-electron chi connectivity index (χ0n) is 15.6. The number of aromatic amines is 1. The molecule has 0 saturated heterocycles. The number of hydrogen-bond acceptors (Lipinski definition) is 3. The topological polar surface area (TPSA) is 63.9 Å². The summed E-state index contributed by atoms with van der Waals surface area (Å²) in [6.45, 7) is 0.665. The SMILES string of the molecule is COc1ccc2ncccc2c1-c1[nH]c2cc(Cl)cc(Cl)c2c1CCCCN. The summed E-state index contributed by atoms with van der Waals surface area (Å²) >= 11 is 12.9. The third-order valence-electron chi connectivity index (χ3n) is 5.02. The van der Waals surface area contributed by atoms with E-state index in [9.17, 15) is 0 Å². The van der Waals surface area contributed by atoms with Crippen molar-refractivity contribution in [2.24, 2.45) is 5.73 Å². The van der Waals surface area contributed by atoms with Crippen LogP contribution in [-0.2, 0) is 6.42 Å². The first-order valence-electron chi connectivity index (χ1n) is 9.25. The predicted octanol–water partition coefficient (Wildman–Crippen LogP) is 5.98. The van der Waals surface area contributed by atoms with Gasteiger partial charge < -0.3 is 15.5 Å². The molecule has 28 heavy (non-hydrogen) atoms. The molecule has 0 bridgehead atoms. The molecular weight excluding hydrogens is 393 g/mol. The van der Waals surface area contributed by atoms with Crippen LogP contribution in [-0.4, -0.2) is 23.6 Å². The minimum Gasteiger partial charge on any atom is -0.496 e. The van der Waals surface area contributed by atoms with Crippen LogP contribution in [0, 0.1) is 0 Å². The van der Waals surface area contributed by atoms with E-state index in [1.54, 1.807) is 19.4 Å². The van der Waals surface area contributed by atoms with Crippen LogP contribution >= 0.6 is 23.2 Å². The number of benzene rings is 2. The molecule has 4 aromatic rings. The highest BCUT2D eigenvalue weighted by molar-refractivity contribution is 6.39. The molecule has 2 heterocycles. The highest BCUT2D eigenvalue weighted by Crippen LogP contribution is 2.43. The molecule has 0 saturated carbocycles. The first kappa shape index (κ1) is 19.1. The van der Waals surface area contributed by atoms with Gasteiger partial charge in [0.05, 0.1) is 23.3 Å². The van der Waals surface area contributed by atoms with E-state index < -0.39 is 0 Å². The van der Waals surface area contributed by atoms with E-state index in [-0.39, 0.29) is 0 Å². The summed E-state index contributed by atoms with van der Waals surface area (Å²) in [7, 11) is 1.68. The lowest BCUT2D eigenvalue weighted by atomic mass is 9.97. The average Bonchev–Trinajstić information content (AvgIpc) is 3.05. The fraction of sp³-hybridized carbons (Fsp3) is 0.227. The van der Waals surface area contributed by atoms with Gasteiger partial charge in [-0.05, 0) is 61.7 Å². The fourth-order valence-electron chi connectivity index (χ4n) is 3.78. The number of halogens is 2. The standard InChI is InChI=1S/C22H21Cl2N3O/c1-28-19-8-7-17-14(6-4-10-26-17)21(19)22-15(5-2-3-9-25)20-16(24)11-13(23)12-18(20)27-22/h4,6-8,10-12,27H,2-3,5,9,25H2,1H3. The number of nitrogens with zero attached hydrogens (tertiary/aromatic N) is 1. The molecule has 3 N–H and O–H groups in total. The van der Waals surface area contributed by atoms with Gasteiger partial charge in [-0.25, -0.2) is 0 Å². The van der Waals surface area contributed by atoms with Crippen molar-refractivity contribution >= 4 is 45.0 Å². The van der Waals surface area contributed by atoms with Crippen molar-refractivity contribution in [1.29, 1.82) is 0 Å². The van der Waals surface area contributed by atoms with Gasteiger partial charge in [0.15, 0.2) is 0 Å². The zero-order valence-corrected chi connectivity index (χ0v) is 17.1. The van der Waals surface area contributed by atoms with Crippen LogP contribution in [0.4, 0.5) is 0 Å². The van der Waals surface area contributed by atoms with E-state index in [2.05, 4.69) is 16.0 Å². The summed E-state index contributed by atoms with van der Waals surface area (Å²) < 4.78 is 5.71. The molecule has 0 amide bonds. The van der Waals surface area contributed by atoms with Crippen LogP contribution in [0.3, 0.4) is 0 Å². The van der Waals surface area contributed by atoms with E-state index in [4.69, 9.17) is 33.7 Å². The van der Waals surface area contributed by atoms with Gasteiger partial charge in [0.2, 0.25) is 0 Å². The Labute approximate surface area is 173 Å². The maximum absolute atomic E-state index is 6.60. The Hall–Kier alpha value is -2.27. The molecule has 2 aromatic carbocycles. The summed E-state index contributed by atoms with van der Waals surface area (Å²) in [4.78, 5) is 8.05. The predicted molar refractivity (Wildman–Crippen MR) is 118 cm³/mol. The number of hydrogen-bond donors (Lipinski definition) is 2. The average molecular weight is 414 g/mol. The molecule has 0 fully saturated rings. The van der Waals surface area contributed by atoms with Crippen molar-refractivity contribution in [2.75, 3.05) is 13.7 Å². The Morgan fingerprint density at radius 3 is 2.79 bits per heavy atom. The summed E-state index contributed by atoms with van der Waals surface area (Å²) in [5.41, 5.74) is 10.7. The van der Waals surface area contributed by atoms with Crippen LogP contribution in [0.5, 0.6) is 5.75 Å². The molecule has 0 atom stereocenters. The van der Waals surface area contributed by atoms with Crippen LogP contribution in [0.2, 0.25) is 10.0 Å². The van der Waals surface area contributed by atoms with Gasteiger partial charge in [-0.1, -0.05) is 29.3 Å². The van der Waals surface area contributed by atoms with Gasteiger partial charge in [0, 0.05) is 33.1 Å². The van der Waals surface area contributed by atoms with E-state index in [0.717, 1.165) is 63.6 Å². The molecular formula is C22H21Cl2N3O. The Morgan fingerprint density at radius 1 is 1.14 bits per heavy atom. The number of aryl methyl sites for hydroxylation is 1. The highest BCUT2D eigenvalue weighted by atomic mass is 35.5. The first-order valence-corrected chi connectivity index (χ1v) is 10.0. The van der Waals surface area contributed by atoms with Crippen LogP contribution in [0.15, 0.2) is 42.6 Å². The molecule has 0 aliphatic rings. The number of ether oxygens (including phenoxy) is 1. The largest absolute Gasteiger partial charge is 0.496 e. The zero-order chi connectivity index (χ0) is 19.7. The highest BCUT2D eigenvalue weighted by Gasteiger charge is 2.21. The summed E-state index contributed by atoms with van der Waals surface area (Å²) in [6, 6.07) is 11.6. The monoisotopic (exact) mass is 413 g/mol. The number of nitrogens with two attached hydrogens (primary N) is 1. The number of methoxy groups -OCH3 is 1. The third kappa shape index (κ3) is 3.32. The van der Waals surface area contributed by atoms with Crippen LogP contribution in [0.1, 0.15) is 18.4 Å². The van der Waals surface area contributed by atoms with Gasteiger partial charge in [-0.2, -0.15) is 0 Å². The molecule has 0 unspecified atom stereocenters. The van der Waals surface area contributed by atoms with Gasteiger partial charge in [0.25, 0.3) is 0 Å². The third-order valence-corrected chi connectivity index (χ3v) is 5.53. The van der Waals surface area contributed by atoms with Gasteiger partial charge in [0.1, 0.15) is 5.75 Å². The number of pyridine rings is 1. The molecule has 0 aliphatic carbocycles. The molecule has 2 aromatic heterocycles. The molecule has 0 spiro atoms. The van der Waals surface area contributed by atoms with Gasteiger partial charge in [-0.3, -0.25) is 4.98 Å². The Balaban J connectivity index is 2.05. The smallest absolute Gasteiger partial charge is 0.128 e. The second-order valence-electron chi connectivity index (χ2n) is 6.75. The quantitative estimate of drug-likeness (QED) is 0.382. The maximum Gasteiger partial charge on any atom is 0.128 e.